The van der Waals surface area contributed by atoms with Gasteiger partial charge in [0, 0.05) is 11.7 Å². The lowest BCUT2D eigenvalue weighted by molar-refractivity contribution is 0.173. The highest BCUT2D eigenvalue weighted by molar-refractivity contribution is 7.90. The average Bonchev–Trinajstić information content (AvgIpc) is 2.85. The minimum absolute atomic E-state index is 0.157. The molecule has 0 aromatic heterocycles. The molecular weight excluding hydrogens is 280 g/mol. The van der Waals surface area contributed by atoms with Gasteiger partial charge < -0.3 is 4.74 Å². The van der Waals surface area contributed by atoms with Crippen LogP contribution in [0.1, 0.15) is 25.7 Å². The molecule has 0 amide bonds. The van der Waals surface area contributed by atoms with E-state index in [4.69, 9.17) is 4.74 Å². The standard InChI is InChI=1S/C14H20O3S2/c1-19(15,16)13-6-4-5-12(9-13)17-10-14(11-18)7-2-3-8-14/h4-6,9,18H,2-3,7-8,10-11H2,1H3. The summed E-state index contributed by atoms with van der Waals surface area (Å²) in [6, 6.07) is 6.70. The molecule has 5 heteroatoms. The third-order valence-electron chi connectivity index (χ3n) is 3.78. The van der Waals surface area contributed by atoms with Crippen molar-refractivity contribution in [3.05, 3.63) is 24.3 Å². The molecule has 1 aromatic carbocycles. The molecule has 1 aliphatic rings. The number of hydrogen-bond acceptors (Lipinski definition) is 4. The molecule has 0 aliphatic heterocycles. The summed E-state index contributed by atoms with van der Waals surface area (Å²) in [4.78, 5) is 0.302. The lowest BCUT2D eigenvalue weighted by Gasteiger charge is -2.26. The number of sulfone groups is 1. The second kappa shape index (κ2) is 5.75. The van der Waals surface area contributed by atoms with E-state index in [9.17, 15) is 8.42 Å². The average molecular weight is 300 g/mol. The molecule has 1 fully saturated rings. The Kier molecular flexibility index (Phi) is 4.46. The number of rotatable bonds is 5. The lowest BCUT2D eigenvalue weighted by Crippen LogP contribution is -2.27. The van der Waals surface area contributed by atoms with Gasteiger partial charge in [-0.1, -0.05) is 18.9 Å². The third kappa shape index (κ3) is 3.66. The molecule has 19 heavy (non-hydrogen) atoms. The number of hydrogen-bond donors (Lipinski definition) is 1. The zero-order chi connectivity index (χ0) is 13.9. The van der Waals surface area contributed by atoms with Crippen LogP contribution >= 0.6 is 12.6 Å². The smallest absolute Gasteiger partial charge is 0.175 e. The summed E-state index contributed by atoms with van der Waals surface area (Å²) in [7, 11) is -3.18. The van der Waals surface area contributed by atoms with Crippen LogP contribution in [0, 0.1) is 5.41 Å². The topological polar surface area (TPSA) is 43.4 Å². The Bertz CT molecular complexity index is 531. The quantitative estimate of drug-likeness (QED) is 0.850. The monoisotopic (exact) mass is 300 g/mol. The predicted octanol–water partition coefficient (Wildman–Crippen LogP) is 2.96. The minimum atomic E-state index is -3.18. The normalized spacial score (nSPS) is 18.4. The molecule has 1 saturated carbocycles. The first-order valence-corrected chi connectivity index (χ1v) is 9.01. The van der Waals surface area contributed by atoms with E-state index in [1.165, 1.54) is 19.1 Å². The summed E-state index contributed by atoms with van der Waals surface area (Å²) in [6.45, 7) is 0.615. The van der Waals surface area contributed by atoms with Gasteiger partial charge in [0.05, 0.1) is 11.5 Å². The molecule has 106 valence electrons. The zero-order valence-electron chi connectivity index (χ0n) is 11.1. The van der Waals surface area contributed by atoms with E-state index in [2.05, 4.69) is 12.6 Å². The summed E-state index contributed by atoms with van der Waals surface area (Å²) >= 11 is 4.44. The molecule has 0 heterocycles. The summed E-state index contributed by atoms with van der Waals surface area (Å²) in [6.07, 6.45) is 5.95. The van der Waals surface area contributed by atoms with Crippen molar-refractivity contribution in [2.24, 2.45) is 5.41 Å². The highest BCUT2D eigenvalue weighted by Crippen LogP contribution is 2.39. The molecule has 0 saturated heterocycles. The highest BCUT2D eigenvalue weighted by atomic mass is 32.2. The Morgan fingerprint density at radius 2 is 2.00 bits per heavy atom. The Balaban J connectivity index is 2.08. The lowest BCUT2D eigenvalue weighted by atomic mass is 9.90. The van der Waals surface area contributed by atoms with Gasteiger partial charge in [-0.2, -0.15) is 12.6 Å². The van der Waals surface area contributed by atoms with Gasteiger partial charge in [-0.15, -0.1) is 0 Å². The van der Waals surface area contributed by atoms with Crippen molar-refractivity contribution in [2.45, 2.75) is 30.6 Å². The molecule has 3 nitrogen and oxygen atoms in total. The Morgan fingerprint density at radius 3 is 2.58 bits per heavy atom. The predicted molar refractivity (Wildman–Crippen MR) is 79.8 cm³/mol. The number of benzene rings is 1. The van der Waals surface area contributed by atoms with Crippen LogP contribution in [0.15, 0.2) is 29.2 Å². The van der Waals surface area contributed by atoms with E-state index in [-0.39, 0.29) is 5.41 Å². The van der Waals surface area contributed by atoms with E-state index in [1.54, 1.807) is 24.3 Å². The third-order valence-corrected chi connectivity index (χ3v) is 5.56. The van der Waals surface area contributed by atoms with Gasteiger partial charge in [0.1, 0.15) is 5.75 Å². The summed E-state index contributed by atoms with van der Waals surface area (Å²) in [5.74, 6) is 1.44. The molecular formula is C14H20O3S2. The maximum atomic E-state index is 11.5. The number of ether oxygens (including phenoxy) is 1. The van der Waals surface area contributed by atoms with E-state index in [0.717, 1.165) is 18.6 Å². The summed E-state index contributed by atoms with van der Waals surface area (Å²) in [5.41, 5.74) is 0.157. The Morgan fingerprint density at radius 1 is 1.32 bits per heavy atom. The van der Waals surface area contributed by atoms with Crippen molar-refractivity contribution in [2.75, 3.05) is 18.6 Å². The molecule has 0 radical (unpaired) electrons. The van der Waals surface area contributed by atoms with Crippen molar-refractivity contribution in [1.29, 1.82) is 0 Å². The number of thiol groups is 1. The van der Waals surface area contributed by atoms with Crippen LogP contribution in [0.25, 0.3) is 0 Å². The Hall–Kier alpha value is -0.680. The maximum Gasteiger partial charge on any atom is 0.175 e. The van der Waals surface area contributed by atoms with Gasteiger partial charge in [-0.05, 0) is 36.8 Å². The van der Waals surface area contributed by atoms with Crippen LogP contribution < -0.4 is 4.74 Å². The van der Waals surface area contributed by atoms with Crippen LogP contribution in [0.2, 0.25) is 0 Å². The van der Waals surface area contributed by atoms with E-state index >= 15 is 0 Å². The van der Waals surface area contributed by atoms with Gasteiger partial charge in [0.2, 0.25) is 0 Å². The minimum Gasteiger partial charge on any atom is -0.493 e. The molecule has 1 aliphatic carbocycles. The first-order chi connectivity index (χ1) is 8.95. The van der Waals surface area contributed by atoms with Crippen molar-refractivity contribution in [3.8, 4) is 5.75 Å². The zero-order valence-corrected chi connectivity index (χ0v) is 12.8. The highest BCUT2D eigenvalue weighted by Gasteiger charge is 2.33. The molecule has 0 N–H and O–H groups in total. The van der Waals surface area contributed by atoms with Crippen molar-refractivity contribution in [1.82, 2.24) is 0 Å². The van der Waals surface area contributed by atoms with Crippen LogP contribution in [-0.2, 0) is 9.84 Å². The van der Waals surface area contributed by atoms with Gasteiger partial charge in [0.25, 0.3) is 0 Å². The fraction of sp³-hybridized carbons (Fsp3) is 0.571. The van der Waals surface area contributed by atoms with Crippen LogP contribution in [0.5, 0.6) is 5.75 Å². The molecule has 0 unspecified atom stereocenters. The summed E-state index contributed by atoms with van der Waals surface area (Å²) < 4.78 is 28.8. The van der Waals surface area contributed by atoms with Crippen LogP contribution in [-0.4, -0.2) is 27.0 Å². The molecule has 1 aromatic rings. The SMILES string of the molecule is CS(=O)(=O)c1cccc(OCC2(CS)CCCC2)c1. The van der Waals surface area contributed by atoms with Crippen LogP contribution in [0.3, 0.4) is 0 Å². The van der Waals surface area contributed by atoms with Gasteiger partial charge >= 0.3 is 0 Å². The summed E-state index contributed by atoms with van der Waals surface area (Å²) in [5, 5.41) is 0. The molecule has 0 atom stereocenters. The fourth-order valence-electron chi connectivity index (χ4n) is 2.50. The second-order valence-corrected chi connectivity index (χ2v) is 7.73. The van der Waals surface area contributed by atoms with E-state index in [1.807, 2.05) is 0 Å². The molecule has 2 rings (SSSR count). The van der Waals surface area contributed by atoms with Crippen molar-refractivity contribution >= 4 is 22.5 Å². The largest absolute Gasteiger partial charge is 0.493 e. The first-order valence-electron chi connectivity index (χ1n) is 6.49. The van der Waals surface area contributed by atoms with Gasteiger partial charge in [0.15, 0.2) is 9.84 Å². The van der Waals surface area contributed by atoms with Crippen molar-refractivity contribution in [3.63, 3.8) is 0 Å². The van der Waals surface area contributed by atoms with E-state index in [0.29, 0.717) is 17.3 Å². The fourth-order valence-corrected chi connectivity index (χ4v) is 3.57. The van der Waals surface area contributed by atoms with Crippen molar-refractivity contribution < 1.29 is 13.2 Å². The van der Waals surface area contributed by atoms with Gasteiger partial charge in [-0.3, -0.25) is 0 Å². The second-order valence-electron chi connectivity index (χ2n) is 5.40. The Labute approximate surface area is 120 Å². The van der Waals surface area contributed by atoms with Crippen LogP contribution in [0.4, 0.5) is 0 Å². The molecule has 0 spiro atoms. The van der Waals surface area contributed by atoms with Gasteiger partial charge in [-0.25, -0.2) is 8.42 Å². The maximum absolute atomic E-state index is 11.5. The molecule has 0 bridgehead atoms. The first kappa shape index (κ1) is 14.7. The van der Waals surface area contributed by atoms with E-state index < -0.39 is 9.84 Å².